The van der Waals surface area contributed by atoms with E-state index in [1.54, 1.807) is 36.4 Å². The van der Waals surface area contributed by atoms with E-state index in [0.29, 0.717) is 22.4 Å². The van der Waals surface area contributed by atoms with Crippen LogP contribution in [0, 0.1) is 0 Å². The number of nitrogens with zero attached hydrogens (tertiary/aromatic N) is 2. The number of halogens is 3. The van der Waals surface area contributed by atoms with Crippen LogP contribution in [0.25, 0.3) is 0 Å². The Balaban J connectivity index is 1.83. The third-order valence-electron chi connectivity index (χ3n) is 7.54. The van der Waals surface area contributed by atoms with Gasteiger partial charge in [0.25, 0.3) is 10.0 Å². The Hall–Kier alpha value is -4.64. The van der Waals surface area contributed by atoms with Crippen LogP contribution in [0.5, 0.6) is 0 Å². The quantitative estimate of drug-likeness (QED) is 0.180. The van der Waals surface area contributed by atoms with Gasteiger partial charge in [-0.1, -0.05) is 91.9 Å². The van der Waals surface area contributed by atoms with E-state index in [-0.39, 0.29) is 29.6 Å². The molecule has 1 N–H and O–H groups in total. The first-order valence-corrected chi connectivity index (χ1v) is 16.3. The van der Waals surface area contributed by atoms with Gasteiger partial charge in [0.2, 0.25) is 11.8 Å². The Labute approximate surface area is 267 Å². The van der Waals surface area contributed by atoms with Crippen LogP contribution in [0.15, 0.2) is 120 Å². The highest BCUT2D eigenvalue weighted by atomic mass is 32.2. The van der Waals surface area contributed by atoms with Crippen molar-refractivity contribution in [3.63, 3.8) is 0 Å². The zero-order valence-electron chi connectivity index (χ0n) is 25.5. The average molecular weight is 652 g/mol. The lowest BCUT2D eigenvalue weighted by molar-refractivity contribution is -0.140. The van der Waals surface area contributed by atoms with E-state index >= 15 is 0 Å². The highest BCUT2D eigenvalue weighted by Gasteiger charge is 2.36. The maximum atomic E-state index is 14.4. The van der Waals surface area contributed by atoms with Gasteiger partial charge in [-0.15, -0.1) is 0 Å². The molecule has 0 unspecified atom stereocenters. The molecule has 0 fully saturated rings. The number of hydrogen-bond acceptors (Lipinski definition) is 4. The van der Waals surface area contributed by atoms with Crippen molar-refractivity contribution < 1.29 is 31.2 Å². The molecule has 4 rings (SSSR count). The Morgan fingerprint density at radius 1 is 0.804 bits per heavy atom. The molecule has 11 heteroatoms. The van der Waals surface area contributed by atoms with E-state index in [4.69, 9.17) is 0 Å². The normalized spacial score (nSPS) is 13.0. The van der Waals surface area contributed by atoms with Crippen LogP contribution in [-0.2, 0) is 38.8 Å². The standard InChI is InChI=1S/C35H36F3N3O4S/c1-3-26(2)39-34(43)32(22-27-14-7-4-8-15-27)40(24-28-16-9-5-10-17-28)33(42)25-41(46(44,45)31-20-11-6-12-21-31)30-19-13-18-29(23-30)35(36,37)38/h4-21,23,26,32H,3,22,24-25H2,1-2H3,(H,39,43)/t26-,32-/m0/s1. The molecule has 0 aliphatic carbocycles. The first-order chi connectivity index (χ1) is 21.9. The van der Waals surface area contributed by atoms with Gasteiger partial charge >= 0.3 is 6.18 Å². The highest BCUT2D eigenvalue weighted by molar-refractivity contribution is 7.92. The molecule has 0 saturated heterocycles. The fourth-order valence-corrected chi connectivity index (χ4v) is 6.29. The fraction of sp³-hybridized carbons (Fsp3) is 0.257. The van der Waals surface area contributed by atoms with Gasteiger partial charge < -0.3 is 10.2 Å². The van der Waals surface area contributed by atoms with Gasteiger partial charge in [0.05, 0.1) is 16.1 Å². The van der Waals surface area contributed by atoms with Gasteiger partial charge in [-0.2, -0.15) is 13.2 Å². The maximum Gasteiger partial charge on any atom is 0.416 e. The van der Waals surface area contributed by atoms with Crippen molar-refractivity contribution in [1.29, 1.82) is 0 Å². The smallest absolute Gasteiger partial charge is 0.352 e. The van der Waals surface area contributed by atoms with Gasteiger partial charge in [0.1, 0.15) is 12.6 Å². The van der Waals surface area contributed by atoms with Gasteiger partial charge in [0.15, 0.2) is 0 Å². The number of anilines is 1. The third-order valence-corrected chi connectivity index (χ3v) is 9.33. The monoisotopic (exact) mass is 651 g/mol. The minimum absolute atomic E-state index is 0.0487. The van der Waals surface area contributed by atoms with Crippen LogP contribution in [0.2, 0.25) is 0 Å². The minimum atomic E-state index is -4.75. The molecular weight excluding hydrogens is 615 g/mol. The summed E-state index contributed by atoms with van der Waals surface area (Å²) in [5.74, 6) is -1.19. The minimum Gasteiger partial charge on any atom is -0.352 e. The number of rotatable bonds is 13. The van der Waals surface area contributed by atoms with Gasteiger partial charge in [0, 0.05) is 19.0 Å². The summed E-state index contributed by atoms with van der Waals surface area (Å²) in [4.78, 5) is 29.3. The number of benzene rings is 4. The zero-order valence-corrected chi connectivity index (χ0v) is 26.3. The number of carbonyl (C=O) groups is 2. The second-order valence-electron chi connectivity index (χ2n) is 10.9. The molecule has 4 aromatic rings. The first kappa shape index (κ1) is 34.2. The molecule has 0 aliphatic heterocycles. The lowest BCUT2D eigenvalue weighted by Gasteiger charge is -2.34. The van der Waals surface area contributed by atoms with E-state index < -0.39 is 46.2 Å². The highest BCUT2D eigenvalue weighted by Crippen LogP contribution is 2.33. The van der Waals surface area contributed by atoms with E-state index in [9.17, 15) is 31.2 Å². The van der Waals surface area contributed by atoms with Crippen LogP contribution in [0.3, 0.4) is 0 Å². The second kappa shape index (κ2) is 15.1. The van der Waals surface area contributed by atoms with Crippen molar-refractivity contribution in [2.45, 2.75) is 56.4 Å². The second-order valence-corrected chi connectivity index (χ2v) is 12.8. The number of nitrogens with one attached hydrogen (secondary N) is 1. The van der Waals surface area contributed by atoms with Crippen molar-refractivity contribution in [2.24, 2.45) is 0 Å². The number of hydrogen-bond donors (Lipinski definition) is 1. The van der Waals surface area contributed by atoms with Crippen LogP contribution in [-0.4, -0.2) is 43.8 Å². The summed E-state index contributed by atoms with van der Waals surface area (Å²) >= 11 is 0. The summed E-state index contributed by atoms with van der Waals surface area (Å²) in [5.41, 5.74) is 0.0446. The molecule has 4 aromatic carbocycles. The summed E-state index contributed by atoms with van der Waals surface area (Å²) in [6.07, 6.45) is -4.00. The molecule has 0 aromatic heterocycles. The predicted octanol–water partition coefficient (Wildman–Crippen LogP) is 6.46. The molecule has 2 atom stereocenters. The molecule has 0 spiro atoms. The van der Waals surface area contributed by atoms with Crippen LogP contribution < -0.4 is 9.62 Å². The summed E-state index contributed by atoms with van der Waals surface area (Å²) in [5, 5.41) is 2.95. The summed E-state index contributed by atoms with van der Waals surface area (Å²) in [6.45, 7) is 2.84. The lowest BCUT2D eigenvalue weighted by Crippen LogP contribution is -2.54. The van der Waals surface area contributed by atoms with Crippen LogP contribution >= 0.6 is 0 Å². The Bertz CT molecular complexity index is 1700. The molecule has 2 amide bonds. The molecule has 0 saturated carbocycles. The summed E-state index contributed by atoms with van der Waals surface area (Å²) in [7, 11) is -4.53. The molecule has 0 bridgehead atoms. The third kappa shape index (κ3) is 8.75. The molecule has 0 radical (unpaired) electrons. The summed E-state index contributed by atoms with van der Waals surface area (Å²) in [6, 6.07) is 27.7. The number of amides is 2. The van der Waals surface area contributed by atoms with Crippen molar-refractivity contribution in [1.82, 2.24) is 10.2 Å². The molecular formula is C35H36F3N3O4S. The Morgan fingerprint density at radius 3 is 1.93 bits per heavy atom. The number of carbonyl (C=O) groups excluding carboxylic acids is 2. The SMILES string of the molecule is CC[C@H](C)NC(=O)[C@H](Cc1ccccc1)N(Cc1ccccc1)C(=O)CN(c1cccc(C(F)(F)F)c1)S(=O)(=O)c1ccccc1. The maximum absolute atomic E-state index is 14.4. The first-order valence-electron chi connectivity index (χ1n) is 14.8. The van der Waals surface area contributed by atoms with Crippen LogP contribution in [0.1, 0.15) is 37.0 Å². The van der Waals surface area contributed by atoms with E-state index in [2.05, 4.69) is 5.32 Å². The van der Waals surface area contributed by atoms with E-state index in [1.807, 2.05) is 44.2 Å². The summed E-state index contributed by atoms with van der Waals surface area (Å²) < 4.78 is 69.8. The number of alkyl halides is 3. The van der Waals surface area contributed by atoms with Crippen LogP contribution in [0.4, 0.5) is 18.9 Å². The zero-order chi connectivity index (χ0) is 33.3. The topological polar surface area (TPSA) is 86.8 Å². The molecule has 7 nitrogen and oxygen atoms in total. The Morgan fingerprint density at radius 2 is 1.37 bits per heavy atom. The van der Waals surface area contributed by atoms with E-state index in [0.717, 1.165) is 17.7 Å². The Kier molecular flexibility index (Phi) is 11.2. The van der Waals surface area contributed by atoms with Crippen molar-refractivity contribution in [3.05, 3.63) is 132 Å². The average Bonchev–Trinajstić information content (AvgIpc) is 3.06. The van der Waals surface area contributed by atoms with Crippen molar-refractivity contribution >= 4 is 27.5 Å². The van der Waals surface area contributed by atoms with Gasteiger partial charge in [-0.25, -0.2) is 8.42 Å². The van der Waals surface area contributed by atoms with Crippen molar-refractivity contribution in [2.75, 3.05) is 10.8 Å². The predicted molar refractivity (Wildman–Crippen MR) is 171 cm³/mol. The molecule has 242 valence electrons. The van der Waals surface area contributed by atoms with Gasteiger partial charge in [-0.05, 0) is 54.8 Å². The molecule has 0 heterocycles. The molecule has 0 aliphatic rings. The number of sulfonamides is 1. The van der Waals surface area contributed by atoms with E-state index in [1.165, 1.54) is 35.2 Å². The molecule has 46 heavy (non-hydrogen) atoms. The fourth-order valence-electron chi connectivity index (χ4n) is 4.86. The largest absolute Gasteiger partial charge is 0.416 e. The van der Waals surface area contributed by atoms with Crippen molar-refractivity contribution in [3.8, 4) is 0 Å². The van der Waals surface area contributed by atoms with Gasteiger partial charge in [-0.3, -0.25) is 13.9 Å². The lowest BCUT2D eigenvalue weighted by atomic mass is 10.0.